The molecule has 1 saturated heterocycles. The van der Waals surface area contributed by atoms with E-state index in [1.807, 2.05) is 30.3 Å². The van der Waals surface area contributed by atoms with Crippen LogP contribution in [0.25, 0.3) is 22.1 Å². The molecule has 0 spiro atoms. The number of rotatable bonds is 5. The zero-order valence-electron chi connectivity index (χ0n) is 17.4. The zero-order chi connectivity index (χ0) is 22.1. The van der Waals surface area contributed by atoms with E-state index in [2.05, 4.69) is 4.90 Å². The van der Waals surface area contributed by atoms with E-state index in [-0.39, 0.29) is 5.82 Å². The fourth-order valence-corrected chi connectivity index (χ4v) is 6.74. The third kappa shape index (κ3) is 4.36. The van der Waals surface area contributed by atoms with Crippen molar-refractivity contribution in [3.05, 3.63) is 77.6 Å². The SMILES string of the molecule is O=S(=O)(c1cccs1)N1CCCN(Cc2cc3cc(-c4cccc(F)c4)ccc3o2)CC1. The molecule has 1 aliphatic heterocycles. The van der Waals surface area contributed by atoms with E-state index in [4.69, 9.17) is 4.42 Å². The highest BCUT2D eigenvalue weighted by atomic mass is 32.2. The van der Waals surface area contributed by atoms with Gasteiger partial charge in [0.05, 0.1) is 6.54 Å². The van der Waals surface area contributed by atoms with Gasteiger partial charge in [0.25, 0.3) is 10.0 Å². The predicted molar refractivity (Wildman–Crippen MR) is 125 cm³/mol. The van der Waals surface area contributed by atoms with Gasteiger partial charge in [-0.15, -0.1) is 11.3 Å². The summed E-state index contributed by atoms with van der Waals surface area (Å²) >= 11 is 1.26. The molecule has 5 nitrogen and oxygen atoms in total. The molecule has 0 unspecified atom stereocenters. The van der Waals surface area contributed by atoms with Gasteiger partial charge in [0.1, 0.15) is 21.4 Å². The standard InChI is InChI=1S/C24H23FN2O3S2/c25-21-5-1-4-18(15-21)19-7-8-23-20(14-19)16-22(30-23)17-26-9-3-10-27(12-11-26)32(28,29)24-6-2-13-31-24/h1-2,4-8,13-16H,3,9-12,17H2. The van der Waals surface area contributed by atoms with Crippen molar-refractivity contribution in [3.8, 4) is 11.1 Å². The van der Waals surface area contributed by atoms with Crippen molar-refractivity contribution >= 4 is 32.3 Å². The van der Waals surface area contributed by atoms with E-state index >= 15 is 0 Å². The molecule has 0 aliphatic carbocycles. The van der Waals surface area contributed by atoms with Gasteiger partial charge in [0.2, 0.25) is 0 Å². The average molecular weight is 471 g/mol. The normalized spacial score (nSPS) is 16.4. The lowest BCUT2D eigenvalue weighted by Gasteiger charge is -2.20. The molecule has 0 radical (unpaired) electrons. The summed E-state index contributed by atoms with van der Waals surface area (Å²) in [5.74, 6) is 0.581. The Balaban J connectivity index is 1.29. The second kappa shape index (κ2) is 8.78. The average Bonchev–Trinajstić information content (AvgIpc) is 3.39. The van der Waals surface area contributed by atoms with Crippen molar-refractivity contribution in [1.29, 1.82) is 0 Å². The molecule has 0 amide bonds. The van der Waals surface area contributed by atoms with Gasteiger partial charge in [0, 0.05) is 25.0 Å². The summed E-state index contributed by atoms with van der Waals surface area (Å²) in [6.07, 6.45) is 0.772. The molecule has 32 heavy (non-hydrogen) atoms. The smallest absolute Gasteiger partial charge is 0.252 e. The van der Waals surface area contributed by atoms with Crippen LogP contribution >= 0.6 is 11.3 Å². The van der Waals surface area contributed by atoms with Crippen LogP contribution < -0.4 is 0 Å². The molecule has 166 valence electrons. The Labute approximate surface area is 190 Å². The van der Waals surface area contributed by atoms with E-state index in [0.717, 1.165) is 40.8 Å². The van der Waals surface area contributed by atoms with Crippen molar-refractivity contribution in [2.75, 3.05) is 26.2 Å². The Morgan fingerprint density at radius 2 is 1.81 bits per heavy atom. The third-order valence-corrected chi connectivity index (χ3v) is 9.01. The third-order valence-electron chi connectivity index (χ3n) is 5.74. The molecule has 1 aliphatic rings. The minimum atomic E-state index is -3.42. The largest absolute Gasteiger partial charge is 0.460 e. The summed E-state index contributed by atoms with van der Waals surface area (Å²) in [6.45, 7) is 3.06. The van der Waals surface area contributed by atoms with Crippen LogP contribution in [0, 0.1) is 5.82 Å². The molecule has 0 N–H and O–H groups in total. The monoisotopic (exact) mass is 470 g/mol. The molecule has 1 fully saturated rings. The molecular formula is C24H23FN2O3S2. The number of fused-ring (bicyclic) bond motifs is 1. The molecule has 0 atom stereocenters. The molecule has 2 aromatic heterocycles. The van der Waals surface area contributed by atoms with Crippen LogP contribution in [0.15, 0.2) is 74.7 Å². The molecule has 0 saturated carbocycles. The highest BCUT2D eigenvalue weighted by Gasteiger charge is 2.27. The van der Waals surface area contributed by atoms with Crippen LogP contribution in [-0.4, -0.2) is 43.8 Å². The number of sulfonamides is 1. The number of hydrogen-bond acceptors (Lipinski definition) is 5. The first-order chi connectivity index (χ1) is 15.5. The van der Waals surface area contributed by atoms with Gasteiger partial charge in [-0.05, 0) is 65.9 Å². The Morgan fingerprint density at radius 1 is 0.938 bits per heavy atom. The topological polar surface area (TPSA) is 53.8 Å². The summed E-state index contributed by atoms with van der Waals surface area (Å²) in [7, 11) is -3.42. The van der Waals surface area contributed by atoms with Crippen LogP contribution in [0.2, 0.25) is 0 Å². The van der Waals surface area contributed by atoms with Crippen molar-refractivity contribution in [3.63, 3.8) is 0 Å². The zero-order valence-corrected chi connectivity index (χ0v) is 19.0. The van der Waals surface area contributed by atoms with Gasteiger partial charge in [-0.2, -0.15) is 4.31 Å². The van der Waals surface area contributed by atoms with Crippen molar-refractivity contribution in [2.45, 2.75) is 17.2 Å². The van der Waals surface area contributed by atoms with Crippen LogP contribution in [0.3, 0.4) is 0 Å². The van der Waals surface area contributed by atoms with Crippen LogP contribution in [0.4, 0.5) is 4.39 Å². The van der Waals surface area contributed by atoms with Gasteiger partial charge in [0.15, 0.2) is 0 Å². The number of hydrogen-bond donors (Lipinski definition) is 0. The van der Waals surface area contributed by atoms with Crippen LogP contribution in [0.5, 0.6) is 0 Å². The summed E-state index contributed by atoms with van der Waals surface area (Å²) < 4.78 is 47.3. The Morgan fingerprint density at radius 3 is 2.62 bits per heavy atom. The first-order valence-electron chi connectivity index (χ1n) is 10.5. The Kier molecular flexibility index (Phi) is 5.86. The van der Waals surface area contributed by atoms with Gasteiger partial charge < -0.3 is 4.42 Å². The first kappa shape index (κ1) is 21.3. The number of furan rings is 1. The highest BCUT2D eigenvalue weighted by Crippen LogP contribution is 2.28. The number of benzene rings is 2. The van der Waals surface area contributed by atoms with Gasteiger partial charge in [-0.3, -0.25) is 4.90 Å². The van der Waals surface area contributed by atoms with Gasteiger partial charge in [-0.1, -0.05) is 24.3 Å². The molecular weight excluding hydrogens is 447 g/mol. The van der Waals surface area contributed by atoms with E-state index in [1.54, 1.807) is 27.9 Å². The Hall–Kier alpha value is -2.52. The van der Waals surface area contributed by atoms with Crippen molar-refractivity contribution in [1.82, 2.24) is 9.21 Å². The van der Waals surface area contributed by atoms with Gasteiger partial charge in [-0.25, -0.2) is 12.8 Å². The first-order valence-corrected chi connectivity index (χ1v) is 12.9. The lowest BCUT2D eigenvalue weighted by molar-refractivity contribution is 0.258. The molecule has 5 rings (SSSR count). The minimum Gasteiger partial charge on any atom is -0.460 e. The van der Waals surface area contributed by atoms with Crippen molar-refractivity contribution < 1.29 is 17.2 Å². The van der Waals surface area contributed by atoms with Crippen LogP contribution in [-0.2, 0) is 16.6 Å². The van der Waals surface area contributed by atoms with E-state index in [0.29, 0.717) is 30.4 Å². The second-order valence-electron chi connectivity index (χ2n) is 7.94. The number of halogens is 1. The summed E-state index contributed by atoms with van der Waals surface area (Å²) in [5, 5.41) is 2.76. The summed E-state index contributed by atoms with van der Waals surface area (Å²) in [6, 6.07) is 17.9. The second-order valence-corrected chi connectivity index (χ2v) is 11.1. The highest BCUT2D eigenvalue weighted by molar-refractivity contribution is 7.91. The quantitative estimate of drug-likeness (QED) is 0.402. The van der Waals surface area contributed by atoms with E-state index < -0.39 is 10.0 Å². The Bertz CT molecular complexity index is 1330. The van der Waals surface area contributed by atoms with Crippen LogP contribution in [0.1, 0.15) is 12.2 Å². The molecule has 0 bridgehead atoms. The maximum absolute atomic E-state index is 13.6. The van der Waals surface area contributed by atoms with Crippen molar-refractivity contribution in [2.24, 2.45) is 0 Å². The maximum Gasteiger partial charge on any atom is 0.252 e. The molecule has 4 aromatic rings. The minimum absolute atomic E-state index is 0.258. The van der Waals surface area contributed by atoms with Gasteiger partial charge >= 0.3 is 0 Å². The van der Waals surface area contributed by atoms with E-state index in [1.165, 1.54) is 23.5 Å². The number of nitrogens with zero attached hydrogens (tertiary/aromatic N) is 2. The predicted octanol–water partition coefficient (Wildman–Crippen LogP) is 5.20. The number of thiophene rings is 1. The summed E-state index contributed by atoms with van der Waals surface area (Å²) in [5.41, 5.74) is 2.56. The fraction of sp³-hybridized carbons (Fsp3) is 0.250. The lowest BCUT2D eigenvalue weighted by atomic mass is 10.0. The lowest BCUT2D eigenvalue weighted by Crippen LogP contribution is -2.34. The van der Waals surface area contributed by atoms with E-state index in [9.17, 15) is 12.8 Å². The molecule has 8 heteroatoms. The summed E-state index contributed by atoms with van der Waals surface area (Å²) in [4.78, 5) is 2.23. The molecule has 3 heterocycles. The fourth-order valence-electron chi connectivity index (χ4n) is 4.13. The molecule has 2 aromatic carbocycles. The maximum atomic E-state index is 13.6.